The number of amides is 2. The summed E-state index contributed by atoms with van der Waals surface area (Å²) in [6.45, 7) is 4.75. The third-order valence-corrected chi connectivity index (χ3v) is 4.40. The smallest absolute Gasteiger partial charge is 0.259 e. The molecule has 2 amide bonds. The van der Waals surface area contributed by atoms with Crippen LogP contribution in [0.2, 0.25) is 0 Å². The van der Waals surface area contributed by atoms with Gasteiger partial charge in [-0.1, -0.05) is 23.4 Å². The first-order valence-electron chi connectivity index (χ1n) is 8.14. The summed E-state index contributed by atoms with van der Waals surface area (Å²) < 4.78 is 5.08. The van der Waals surface area contributed by atoms with Gasteiger partial charge in [0.1, 0.15) is 11.3 Å². The molecule has 1 aromatic carbocycles. The van der Waals surface area contributed by atoms with Gasteiger partial charge in [0, 0.05) is 24.7 Å². The van der Waals surface area contributed by atoms with E-state index in [1.165, 1.54) is 0 Å². The van der Waals surface area contributed by atoms with E-state index in [0.29, 0.717) is 35.7 Å². The van der Waals surface area contributed by atoms with Crippen LogP contribution in [0.15, 0.2) is 34.9 Å². The van der Waals surface area contributed by atoms with Crippen LogP contribution in [0.5, 0.6) is 0 Å². The molecule has 126 valence electrons. The Hall–Kier alpha value is -2.63. The van der Waals surface area contributed by atoms with Crippen molar-refractivity contribution in [3.63, 3.8) is 0 Å². The van der Waals surface area contributed by atoms with E-state index >= 15 is 0 Å². The average molecular weight is 327 g/mol. The number of rotatable bonds is 3. The molecule has 1 N–H and O–H groups in total. The monoisotopic (exact) mass is 327 g/mol. The van der Waals surface area contributed by atoms with Crippen molar-refractivity contribution in [2.24, 2.45) is 0 Å². The Morgan fingerprint density at radius 3 is 2.42 bits per heavy atom. The predicted octanol–water partition coefficient (Wildman–Crippen LogP) is 2.33. The van der Waals surface area contributed by atoms with Gasteiger partial charge < -0.3 is 14.7 Å². The second-order valence-electron chi connectivity index (χ2n) is 6.11. The number of nitrogens with one attached hydrogen (secondary N) is 1. The number of benzene rings is 1. The first kappa shape index (κ1) is 16.2. The number of nitrogens with zero attached hydrogens (tertiary/aromatic N) is 2. The van der Waals surface area contributed by atoms with E-state index in [0.717, 1.165) is 12.8 Å². The second kappa shape index (κ2) is 6.86. The average Bonchev–Trinajstić information content (AvgIpc) is 2.94. The fourth-order valence-electron chi connectivity index (χ4n) is 3.03. The molecule has 0 spiro atoms. The fraction of sp³-hybridized carbons (Fsp3) is 0.389. The first-order chi connectivity index (χ1) is 11.6. The maximum atomic E-state index is 12.6. The summed E-state index contributed by atoms with van der Waals surface area (Å²) in [5.74, 6) is 0.446. The molecule has 0 radical (unpaired) electrons. The molecule has 0 unspecified atom stereocenters. The van der Waals surface area contributed by atoms with Crippen molar-refractivity contribution < 1.29 is 14.1 Å². The highest BCUT2D eigenvalue weighted by Gasteiger charge is 2.28. The zero-order valence-electron chi connectivity index (χ0n) is 13.9. The Kier molecular flexibility index (Phi) is 4.64. The third kappa shape index (κ3) is 3.32. The first-order valence-corrected chi connectivity index (χ1v) is 8.14. The lowest BCUT2D eigenvalue weighted by Crippen LogP contribution is -2.46. The van der Waals surface area contributed by atoms with Gasteiger partial charge in [-0.05, 0) is 38.8 Å². The summed E-state index contributed by atoms with van der Waals surface area (Å²) in [6, 6.07) is 9.26. The van der Waals surface area contributed by atoms with Crippen LogP contribution >= 0.6 is 0 Å². The van der Waals surface area contributed by atoms with Gasteiger partial charge in [0.05, 0.1) is 5.69 Å². The minimum atomic E-state index is -0.0638. The van der Waals surface area contributed by atoms with E-state index in [1.54, 1.807) is 30.9 Å². The Bertz CT molecular complexity index is 712. The lowest BCUT2D eigenvalue weighted by Gasteiger charge is -2.32. The highest BCUT2D eigenvalue weighted by Crippen LogP contribution is 2.19. The number of carbonyl (C=O) groups is 2. The van der Waals surface area contributed by atoms with Crippen molar-refractivity contribution in [1.29, 1.82) is 0 Å². The van der Waals surface area contributed by atoms with Crippen molar-refractivity contribution in [2.45, 2.75) is 32.7 Å². The van der Waals surface area contributed by atoms with Gasteiger partial charge in [-0.25, -0.2) is 0 Å². The van der Waals surface area contributed by atoms with E-state index in [2.05, 4.69) is 10.5 Å². The van der Waals surface area contributed by atoms with Gasteiger partial charge in [-0.2, -0.15) is 0 Å². The Balaban J connectivity index is 1.56. The largest absolute Gasteiger partial charge is 0.361 e. The van der Waals surface area contributed by atoms with Crippen LogP contribution in [0.1, 0.15) is 45.0 Å². The molecule has 1 aromatic heterocycles. The summed E-state index contributed by atoms with van der Waals surface area (Å²) >= 11 is 0. The number of likely N-dealkylation sites (tertiary alicyclic amines) is 1. The number of aryl methyl sites for hydroxylation is 2. The van der Waals surface area contributed by atoms with E-state index in [1.807, 2.05) is 18.2 Å². The summed E-state index contributed by atoms with van der Waals surface area (Å²) in [4.78, 5) is 26.6. The van der Waals surface area contributed by atoms with Crippen LogP contribution in [0.3, 0.4) is 0 Å². The van der Waals surface area contributed by atoms with Crippen LogP contribution in [-0.2, 0) is 0 Å². The molecule has 0 bridgehead atoms. The minimum Gasteiger partial charge on any atom is -0.361 e. The van der Waals surface area contributed by atoms with Crippen LogP contribution in [0, 0.1) is 13.8 Å². The Morgan fingerprint density at radius 1 is 1.17 bits per heavy atom. The normalized spacial score (nSPS) is 15.3. The van der Waals surface area contributed by atoms with Crippen molar-refractivity contribution in [1.82, 2.24) is 15.4 Å². The molecule has 3 rings (SSSR count). The highest BCUT2D eigenvalue weighted by molar-refractivity contribution is 5.96. The highest BCUT2D eigenvalue weighted by atomic mass is 16.5. The van der Waals surface area contributed by atoms with Crippen LogP contribution in [0.4, 0.5) is 0 Å². The topological polar surface area (TPSA) is 75.4 Å². The van der Waals surface area contributed by atoms with Crippen molar-refractivity contribution in [3.05, 3.63) is 52.9 Å². The van der Waals surface area contributed by atoms with Gasteiger partial charge >= 0.3 is 0 Å². The molecule has 0 atom stereocenters. The molecule has 6 nitrogen and oxygen atoms in total. The summed E-state index contributed by atoms with van der Waals surface area (Å²) in [6.07, 6.45) is 1.49. The number of piperidine rings is 1. The molecule has 24 heavy (non-hydrogen) atoms. The summed E-state index contributed by atoms with van der Waals surface area (Å²) in [7, 11) is 0. The van der Waals surface area contributed by atoms with Gasteiger partial charge in [-0.3, -0.25) is 9.59 Å². The molecule has 2 aromatic rings. The lowest BCUT2D eigenvalue weighted by molar-refractivity contribution is 0.0696. The predicted molar refractivity (Wildman–Crippen MR) is 88.8 cm³/mol. The van der Waals surface area contributed by atoms with Gasteiger partial charge in [0.15, 0.2) is 0 Å². The van der Waals surface area contributed by atoms with E-state index < -0.39 is 0 Å². The Labute approximate surface area is 140 Å². The van der Waals surface area contributed by atoms with E-state index in [4.69, 9.17) is 4.52 Å². The standard InChI is InChI=1S/C18H21N3O3/c1-12-16(13(2)24-20-12)18(23)21-10-8-15(9-11-21)19-17(22)14-6-4-3-5-7-14/h3-7,15H,8-11H2,1-2H3,(H,19,22). The molecule has 1 saturated heterocycles. The molecule has 1 aliphatic heterocycles. The van der Waals surface area contributed by atoms with Gasteiger partial charge in [0.2, 0.25) is 0 Å². The number of aromatic nitrogens is 1. The van der Waals surface area contributed by atoms with Crippen molar-refractivity contribution in [2.75, 3.05) is 13.1 Å². The van der Waals surface area contributed by atoms with Crippen LogP contribution in [-0.4, -0.2) is 41.0 Å². The lowest BCUT2D eigenvalue weighted by atomic mass is 10.0. The number of carbonyl (C=O) groups excluding carboxylic acids is 2. The van der Waals surface area contributed by atoms with Crippen LogP contribution in [0.25, 0.3) is 0 Å². The molecule has 0 saturated carbocycles. The molecule has 0 aliphatic carbocycles. The van der Waals surface area contributed by atoms with E-state index in [-0.39, 0.29) is 17.9 Å². The van der Waals surface area contributed by atoms with Crippen molar-refractivity contribution >= 4 is 11.8 Å². The molecule has 2 heterocycles. The third-order valence-electron chi connectivity index (χ3n) is 4.40. The SMILES string of the molecule is Cc1noc(C)c1C(=O)N1CCC(NC(=O)c2ccccc2)CC1. The number of hydrogen-bond acceptors (Lipinski definition) is 4. The summed E-state index contributed by atoms with van der Waals surface area (Å²) in [5, 5.41) is 6.88. The Morgan fingerprint density at radius 2 is 1.83 bits per heavy atom. The molecule has 1 fully saturated rings. The maximum Gasteiger partial charge on any atom is 0.259 e. The number of hydrogen-bond donors (Lipinski definition) is 1. The molecule has 6 heteroatoms. The quantitative estimate of drug-likeness (QED) is 0.939. The molecular formula is C18H21N3O3. The van der Waals surface area contributed by atoms with Crippen LogP contribution < -0.4 is 5.32 Å². The molecular weight excluding hydrogens is 306 g/mol. The maximum absolute atomic E-state index is 12.6. The van der Waals surface area contributed by atoms with Gasteiger partial charge in [0.25, 0.3) is 11.8 Å². The zero-order valence-corrected chi connectivity index (χ0v) is 13.9. The molecule has 1 aliphatic rings. The van der Waals surface area contributed by atoms with Crippen molar-refractivity contribution in [3.8, 4) is 0 Å². The fourth-order valence-corrected chi connectivity index (χ4v) is 3.03. The van der Waals surface area contributed by atoms with E-state index in [9.17, 15) is 9.59 Å². The second-order valence-corrected chi connectivity index (χ2v) is 6.11. The van der Waals surface area contributed by atoms with Gasteiger partial charge in [-0.15, -0.1) is 0 Å². The minimum absolute atomic E-state index is 0.0425. The zero-order chi connectivity index (χ0) is 17.1. The summed E-state index contributed by atoms with van der Waals surface area (Å²) in [5.41, 5.74) is 1.84.